The Hall–Kier alpha value is -1.67. The van der Waals surface area contributed by atoms with E-state index in [1.807, 2.05) is 36.7 Å². The number of halogens is 1. The molecule has 1 aromatic heterocycles. The van der Waals surface area contributed by atoms with Gasteiger partial charge in [0.2, 0.25) is 0 Å². The third-order valence-electron chi connectivity index (χ3n) is 5.18. The van der Waals surface area contributed by atoms with Crippen LogP contribution in [0.15, 0.2) is 48.8 Å². The molecule has 1 aliphatic carbocycles. The molecule has 1 heterocycles. The lowest BCUT2D eigenvalue weighted by Gasteiger charge is -2.26. The fraction of sp³-hybridized carbons (Fsp3) is 0.455. The van der Waals surface area contributed by atoms with Crippen molar-refractivity contribution < 1.29 is 0 Å². The van der Waals surface area contributed by atoms with Crippen LogP contribution in [0.5, 0.6) is 0 Å². The van der Waals surface area contributed by atoms with E-state index in [-0.39, 0.29) is 0 Å². The number of allylic oxidation sites excluding steroid dienone is 2. The average molecular weight is 355 g/mol. The molecule has 2 aromatic rings. The molecule has 0 amide bonds. The molecule has 0 aliphatic heterocycles. The number of hydrogen-bond donors (Lipinski definition) is 0. The van der Waals surface area contributed by atoms with Crippen molar-refractivity contribution in [3.8, 4) is 11.4 Å². The molecule has 25 heavy (non-hydrogen) atoms. The molecule has 0 unspecified atom stereocenters. The molecule has 1 aliphatic rings. The van der Waals surface area contributed by atoms with Crippen molar-refractivity contribution in [1.29, 1.82) is 0 Å². The highest BCUT2D eigenvalue weighted by atomic mass is 35.5. The van der Waals surface area contributed by atoms with Crippen LogP contribution in [0.2, 0.25) is 5.02 Å². The maximum absolute atomic E-state index is 5.93. The summed E-state index contributed by atoms with van der Waals surface area (Å²) in [6.45, 7) is 2.21. The van der Waals surface area contributed by atoms with E-state index in [0.29, 0.717) is 0 Å². The summed E-state index contributed by atoms with van der Waals surface area (Å²) in [7, 11) is 0. The quantitative estimate of drug-likeness (QED) is 0.553. The molecule has 132 valence electrons. The normalized spacial score (nSPS) is 20.9. The van der Waals surface area contributed by atoms with Gasteiger partial charge in [-0.25, -0.2) is 9.97 Å². The van der Waals surface area contributed by atoms with Crippen LogP contribution in [-0.2, 0) is 6.42 Å². The summed E-state index contributed by atoms with van der Waals surface area (Å²) < 4.78 is 0. The second-order valence-electron chi connectivity index (χ2n) is 7.08. The second-order valence-corrected chi connectivity index (χ2v) is 7.51. The first kappa shape index (κ1) is 18.1. The summed E-state index contributed by atoms with van der Waals surface area (Å²) in [5.41, 5.74) is 2.25. The van der Waals surface area contributed by atoms with Crippen molar-refractivity contribution in [3.05, 3.63) is 59.4 Å². The molecular formula is C22H27ClN2. The molecule has 3 rings (SSSR count). The molecular weight excluding hydrogens is 328 g/mol. The van der Waals surface area contributed by atoms with Gasteiger partial charge in [-0.2, -0.15) is 0 Å². The van der Waals surface area contributed by atoms with E-state index in [9.17, 15) is 0 Å². The molecule has 0 spiro atoms. The number of aryl methyl sites for hydroxylation is 1. The standard InChI is InChI=1S/C22H27ClN2/c1-2-3-4-17-5-7-18(8-6-17)9-10-19-15-24-22(25-16-19)20-11-13-21(23)14-12-20/h3-4,11-18H,2,5-10H2,1H3. The van der Waals surface area contributed by atoms with E-state index in [1.165, 1.54) is 37.7 Å². The highest BCUT2D eigenvalue weighted by molar-refractivity contribution is 6.30. The van der Waals surface area contributed by atoms with Gasteiger partial charge >= 0.3 is 0 Å². The Morgan fingerprint density at radius 1 is 1.04 bits per heavy atom. The van der Waals surface area contributed by atoms with Gasteiger partial charge in [0.15, 0.2) is 5.82 Å². The summed E-state index contributed by atoms with van der Waals surface area (Å²) in [5.74, 6) is 2.45. The summed E-state index contributed by atoms with van der Waals surface area (Å²) >= 11 is 5.93. The zero-order chi connectivity index (χ0) is 17.5. The first-order valence-corrected chi connectivity index (χ1v) is 9.86. The van der Waals surface area contributed by atoms with Crippen molar-refractivity contribution in [2.24, 2.45) is 11.8 Å². The topological polar surface area (TPSA) is 25.8 Å². The molecule has 0 saturated heterocycles. The van der Waals surface area contributed by atoms with Gasteiger partial charge in [0.25, 0.3) is 0 Å². The smallest absolute Gasteiger partial charge is 0.159 e. The number of benzene rings is 1. The van der Waals surface area contributed by atoms with Crippen molar-refractivity contribution >= 4 is 11.6 Å². The van der Waals surface area contributed by atoms with E-state index in [0.717, 1.165) is 41.1 Å². The van der Waals surface area contributed by atoms with Gasteiger partial charge in [-0.3, -0.25) is 0 Å². The average Bonchev–Trinajstić information content (AvgIpc) is 2.67. The highest BCUT2D eigenvalue weighted by Crippen LogP contribution is 2.32. The van der Waals surface area contributed by atoms with Crippen LogP contribution >= 0.6 is 11.6 Å². The Labute approximate surface area is 156 Å². The Balaban J connectivity index is 1.48. The molecule has 0 N–H and O–H groups in total. The van der Waals surface area contributed by atoms with Gasteiger partial charge in [-0.1, -0.05) is 30.7 Å². The number of aromatic nitrogens is 2. The Bertz CT molecular complexity index is 668. The third-order valence-corrected chi connectivity index (χ3v) is 5.44. The van der Waals surface area contributed by atoms with Crippen LogP contribution in [0.3, 0.4) is 0 Å². The molecule has 1 saturated carbocycles. The lowest BCUT2D eigenvalue weighted by atomic mass is 9.79. The van der Waals surface area contributed by atoms with Crippen LogP contribution in [0, 0.1) is 11.8 Å². The largest absolute Gasteiger partial charge is 0.236 e. The van der Waals surface area contributed by atoms with E-state index >= 15 is 0 Å². The van der Waals surface area contributed by atoms with E-state index in [4.69, 9.17) is 11.6 Å². The van der Waals surface area contributed by atoms with Gasteiger partial charge in [-0.05, 0) is 86.6 Å². The number of rotatable bonds is 6. The predicted octanol–water partition coefficient (Wildman–Crippen LogP) is 6.50. The second kappa shape index (κ2) is 9.15. The van der Waals surface area contributed by atoms with Crippen LogP contribution in [0.25, 0.3) is 11.4 Å². The van der Waals surface area contributed by atoms with E-state index in [1.54, 1.807) is 0 Å². The summed E-state index contributed by atoms with van der Waals surface area (Å²) in [6, 6.07) is 7.67. The maximum atomic E-state index is 5.93. The first-order valence-electron chi connectivity index (χ1n) is 9.48. The molecule has 0 radical (unpaired) electrons. The van der Waals surface area contributed by atoms with Gasteiger partial charge in [0.1, 0.15) is 0 Å². The van der Waals surface area contributed by atoms with Crippen molar-refractivity contribution in [1.82, 2.24) is 9.97 Å². The molecule has 1 fully saturated rings. The molecule has 2 nitrogen and oxygen atoms in total. The number of hydrogen-bond acceptors (Lipinski definition) is 2. The Kier molecular flexibility index (Phi) is 6.63. The predicted molar refractivity (Wildman–Crippen MR) is 106 cm³/mol. The van der Waals surface area contributed by atoms with Gasteiger partial charge in [-0.15, -0.1) is 0 Å². The zero-order valence-corrected chi connectivity index (χ0v) is 15.8. The van der Waals surface area contributed by atoms with Crippen molar-refractivity contribution in [2.45, 2.75) is 51.9 Å². The Morgan fingerprint density at radius 2 is 1.72 bits per heavy atom. The molecule has 0 bridgehead atoms. The fourth-order valence-electron chi connectivity index (χ4n) is 3.60. The lowest BCUT2D eigenvalue weighted by molar-refractivity contribution is 0.296. The summed E-state index contributed by atoms with van der Waals surface area (Å²) in [6.07, 6.45) is 17.6. The van der Waals surface area contributed by atoms with Crippen LogP contribution in [0.4, 0.5) is 0 Å². The number of nitrogens with zero attached hydrogens (tertiary/aromatic N) is 2. The molecule has 0 atom stereocenters. The highest BCUT2D eigenvalue weighted by Gasteiger charge is 2.19. The maximum Gasteiger partial charge on any atom is 0.159 e. The minimum Gasteiger partial charge on any atom is -0.236 e. The van der Waals surface area contributed by atoms with Crippen molar-refractivity contribution in [2.75, 3.05) is 0 Å². The van der Waals surface area contributed by atoms with Gasteiger partial charge in [0, 0.05) is 23.0 Å². The molecule has 1 aromatic carbocycles. The van der Waals surface area contributed by atoms with Gasteiger partial charge in [0.05, 0.1) is 0 Å². The monoisotopic (exact) mass is 354 g/mol. The van der Waals surface area contributed by atoms with Crippen molar-refractivity contribution in [3.63, 3.8) is 0 Å². The summed E-state index contributed by atoms with van der Waals surface area (Å²) in [5, 5.41) is 0.736. The van der Waals surface area contributed by atoms with E-state index in [2.05, 4.69) is 29.0 Å². The lowest BCUT2D eigenvalue weighted by Crippen LogP contribution is -2.13. The SMILES string of the molecule is CCC=CC1CCC(CCc2cnc(-c3ccc(Cl)cc3)nc2)CC1. The van der Waals surface area contributed by atoms with Crippen LogP contribution in [0.1, 0.15) is 51.0 Å². The minimum atomic E-state index is 0.736. The Morgan fingerprint density at radius 3 is 2.36 bits per heavy atom. The fourth-order valence-corrected chi connectivity index (χ4v) is 3.73. The first-order chi connectivity index (χ1) is 12.2. The minimum absolute atomic E-state index is 0.736. The van der Waals surface area contributed by atoms with E-state index < -0.39 is 0 Å². The molecule has 3 heteroatoms. The van der Waals surface area contributed by atoms with Gasteiger partial charge < -0.3 is 0 Å². The third kappa shape index (κ3) is 5.40. The van der Waals surface area contributed by atoms with Crippen LogP contribution < -0.4 is 0 Å². The summed E-state index contributed by atoms with van der Waals surface area (Å²) in [4.78, 5) is 9.05. The zero-order valence-electron chi connectivity index (χ0n) is 15.0. The van der Waals surface area contributed by atoms with Crippen LogP contribution in [-0.4, -0.2) is 9.97 Å².